The Hall–Kier alpha value is -1.20. The molecule has 0 aliphatic carbocycles. The van der Waals surface area contributed by atoms with Gasteiger partial charge in [-0.3, -0.25) is 0 Å². The number of aliphatic imine (C=N–C) groups is 1. The first kappa shape index (κ1) is 26.1. The molecule has 0 aromatic heterocycles. The van der Waals surface area contributed by atoms with Gasteiger partial charge in [-0.2, -0.15) is 8.78 Å². The predicted octanol–water partition coefficient (Wildman–Crippen LogP) is 4.42. The molecule has 1 unspecified atom stereocenters. The summed E-state index contributed by atoms with van der Waals surface area (Å²) in [5.74, 6) is 0.961. The molecule has 2 heterocycles. The molecule has 0 spiro atoms. The Balaban J connectivity index is 0.00000341. The van der Waals surface area contributed by atoms with Crippen LogP contribution < -0.4 is 10.1 Å². The molecule has 2 aliphatic rings. The Morgan fingerprint density at radius 1 is 1.23 bits per heavy atom. The molecule has 176 valence electrons. The van der Waals surface area contributed by atoms with Crippen molar-refractivity contribution < 1.29 is 23.0 Å². The minimum Gasteiger partial charge on any atom is -0.434 e. The maximum absolute atomic E-state index is 12.6. The molecule has 2 saturated heterocycles. The van der Waals surface area contributed by atoms with Gasteiger partial charge in [-0.05, 0) is 45.1 Å². The van der Waals surface area contributed by atoms with Crippen LogP contribution in [0.4, 0.5) is 8.78 Å². The molecule has 2 fully saturated rings. The first-order valence-electron chi connectivity index (χ1n) is 10.9. The topological polar surface area (TPSA) is 55.3 Å². The lowest BCUT2D eigenvalue weighted by molar-refractivity contribution is -0.0721. The largest absolute Gasteiger partial charge is 0.434 e. The van der Waals surface area contributed by atoms with Crippen LogP contribution in [0.25, 0.3) is 0 Å². The fourth-order valence-electron chi connectivity index (χ4n) is 3.85. The number of rotatable bonds is 8. The minimum atomic E-state index is -2.85. The van der Waals surface area contributed by atoms with Crippen LogP contribution in [0.3, 0.4) is 0 Å². The van der Waals surface area contributed by atoms with Crippen LogP contribution in [0.1, 0.15) is 44.6 Å². The summed E-state index contributed by atoms with van der Waals surface area (Å²) in [4.78, 5) is 6.87. The highest BCUT2D eigenvalue weighted by atomic mass is 127. The third kappa shape index (κ3) is 8.69. The van der Waals surface area contributed by atoms with Crippen molar-refractivity contribution in [1.82, 2.24) is 10.2 Å². The molecule has 2 aliphatic heterocycles. The molecule has 1 atom stereocenters. The number of guanidine groups is 1. The molecule has 0 bridgehead atoms. The Kier molecular flexibility index (Phi) is 11.8. The lowest BCUT2D eigenvalue weighted by atomic mass is 10.1. The van der Waals surface area contributed by atoms with E-state index < -0.39 is 6.61 Å². The van der Waals surface area contributed by atoms with Gasteiger partial charge >= 0.3 is 6.61 Å². The molecule has 0 radical (unpaired) electrons. The van der Waals surface area contributed by atoms with E-state index in [2.05, 4.69) is 19.9 Å². The Labute approximate surface area is 200 Å². The van der Waals surface area contributed by atoms with E-state index in [9.17, 15) is 8.78 Å². The van der Waals surface area contributed by atoms with E-state index in [-0.39, 0.29) is 48.5 Å². The number of benzene rings is 1. The molecule has 6 nitrogen and oxygen atoms in total. The number of hydrogen-bond acceptors (Lipinski definition) is 4. The highest BCUT2D eigenvalue weighted by molar-refractivity contribution is 14.0. The van der Waals surface area contributed by atoms with Gasteiger partial charge in [0.15, 0.2) is 5.96 Å². The molecule has 1 N–H and O–H groups in total. The standard InChI is InChI=1S/C22H33F2N3O3.HI/c1-2-25-22(26-15-17-7-3-4-9-20(17)30-21(23)24)27-12-10-18(11-13-27)29-16-19-8-5-6-14-28-19;/h3-4,7,9,18-19,21H,2,5-6,8,10-16H2,1H3,(H,25,26);1H. The summed E-state index contributed by atoms with van der Waals surface area (Å²) < 4.78 is 41.7. The Bertz CT molecular complexity index is 667. The van der Waals surface area contributed by atoms with Gasteiger partial charge in [0.25, 0.3) is 0 Å². The van der Waals surface area contributed by atoms with Gasteiger partial charge in [-0.25, -0.2) is 4.99 Å². The highest BCUT2D eigenvalue weighted by Crippen LogP contribution is 2.22. The highest BCUT2D eigenvalue weighted by Gasteiger charge is 2.24. The number of nitrogens with zero attached hydrogens (tertiary/aromatic N) is 2. The van der Waals surface area contributed by atoms with E-state index in [0.29, 0.717) is 12.2 Å². The van der Waals surface area contributed by atoms with Crippen LogP contribution in [0.15, 0.2) is 29.3 Å². The predicted molar refractivity (Wildman–Crippen MR) is 127 cm³/mol. The van der Waals surface area contributed by atoms with E-state index in [0.717, 1.165) is 57.9 Å². The first-order valence-corrected chi connectivity index (χ1v) is 10.9. The van der Waals surface area contributed by atoms with Crippen LogP contribution >= 0.6 is 24.0 Å². The van der Waals surface area contributed by atoms with E-state index in [1.54, 1.807) is 24.3 Å². The van der Waals surface area contributed by atoms with Gasteiger partial charge in [0, 0.05) is 31.8 Å². The van der Waals surface area contributed by atoms with Gasteiger partial charge in [0.2, 0.25) is 0 Å². The van der Waals surface area contributed by atoms with Crippen molar-refractivity contribution in [3.05, 3.63) is 29.8 Å². The number of alkyl halides is 2. The minimum absolute atomic E-state index is 0. The molecule has 1 aromatic rings. The van der Waals surface area contributed by atoms with Gasteiger partial charge in [0.05, 0.1) is 25.4 Å². The van der Waals surface area contributed by atoms with Crippen molar-refractivity contribution in [3.8, 4) is 5.75 Å². The van der Waals surface area contributed by atoms with Gasteiger partial charge in [-0.15, -0.1) is 24.0 Å². The van der Waals surface area contributed by atoms with Crippen LogP contribution in [0.2, 0.25) is 0 Å². The van der Waals surface area contributed by atoms with Crippen LogP contribution in [0.5, 0.6) is 5.75 Å². The smallest absolute Gasteiger partial charge is 0.387 e. The van der Waals surface area contributed by atoms with Crippen molar-refractivity contribution >= 4 is 29.9 Å². The lowest BCUT2D eigenvalue weighted by Crippen LogP contribution is -2.47. The number of nitrogens with one attached hydrogen (secondary N) is 1. The second-order valence-electron chi connectivity index (χ2n) is 7.66. The van der Waals surface area contributed by atoms with Crippen molar-refractivity contribution in [2.45, 2.75) is 64.4 Å². The fraction of sp³-hybridized carbons (Fsp3) is 0.682. The molecular weight excluding hydrogens is 519 g/mol. The second-order valence-corrected chi connectivity index (χ2v) is 7.66. The summed E-state index contributed by atoms with van der Waals surface area (Å²) in [6, 6.07) is 6.79. The molecule has 9 heteroatoms. The molecular formula is C22H34F2IN3O3. The number of para-hydroxylation sites is 1. The van der Waals surface area contributed by atoms with Crippen LogP contribution in [-0.4, -0.2) is 62.5 Å². The summed E-state index contributed by atoms with van der Waals surface area (Å²) in [5.41, 5.74) is 0.638. The van der Waals surface area contributed by atoms with Gasteiger partial charge in [0.1, 0.15) is 5.75 Å². The number of piperidine rings is 1. The third-order valence-corrected chi connectivity index (χ3v) is 5.46. The van der Waals surface area contributed by atoms with Crippen molar-refractivity contribution in [1.29, 1.82) is 0 Å². The molecule has 31 heavy (non-hydrogen) atoms. The lowest BCUT2D eigenvalue weighted by Gasteiger charge is -2.35. The first-order chi connectivity index (χ1) is 14.7. The van der Waals surface area contributed by atoms with Gasteiger partial charge in [-0.1, -0.05) is 18.2 Å². The third-order valence-electron chi connectivity index (χ3n) is 5.46. The van der Waals surface area contributed by atoms with Crippen LogP contribution in [-0.2, 0) is 16.0 Å². The second kappa shape index (κ2) is 14.1. The SMILES string of the molecule is CCNC(=NCc1ccccc1OC(F)F)N1CCC(OCC2CCCCO2)CC1.I. The van der Waals surface area contributed by atoms with E-state index >= 15 is 0 Å². The van der Waals surface area contributed by atoms with Crippen LogP contribution in [0, 0.1) is 0 Å². The molecule has 1 aromatic carbocycles. The van der Waals surface area contributed by atoms with Crippen molar-refractivity contribution in [2.75, 3.05) is 32.8 Å². The van der Waals surface area contributed by atoms with E-state index in [1.807, 2.05) is 6.92 Å². The monoisotopic (exact) mass is 553 g/mol. The maximum Gasteiger partial charge on any atom is 0.387 e. The zero-order valence-electron chi connectivity index (χ0n) is 18.1. The number of halogens is 3. The summed E-state index contributed by atoms with van der Waals surface area (Å²) in [7, 11) is 0. The fourth-order valence-corrected chi connectivity index (χ4v) is 3.85. The quantitative estimate of drug-likeness (QED) is 0.294. The molecule has 0 amide bonds. The summed E-state index contributed by atoms with van der Waals surface area (Å²) >= 11 is 0. The summed E-state index contributed by atoms with van der Waals surface area (Å²) in [6.45, 7) is 3.41. The number of likely N-dealkylation sites (tertiary alicyclic amines) is 1. The Morgan fingerprint density at radius 2 is 2.00 bits per heavy atom. The van der Waals surface area contributed by atoms with Crippen molar-refractivity contribution in [3.63, 3.8) is 0 Å². The number of ether oxygens (including phenoxy) is 3. The Morgan fingerprint density at radius 3 is 2.68 bits per heavy atom. The molecule has 0 saturated carbocycles. The maximum atomic E-state index is 12.6. The average molecular weight is 553 g/mol. The summed E-state index contributed by atoms with van der Waals surface area (Å²) in [5, 5.41) is 3.31. The van der Waals surface area contributed by atoms with E-state index in [1.165, 1.54) is 6.42 Å². The normalized spacial score (nSPS) is 20.5. The van der Waals surface area contributed by atoms with E-state index in [4.69, 9.17) is 9.47 Å². The zero-order chi connectivity index (χ0) is 21.2. The van der Waals surface area contributed by atoms with Crippen molar-refractivity contribution in [2.24, 2.45) is 4.99 Å². The zero-order valence-corrected chi connectivity index (χ0v) is 20.4. The summed E-state index contributed by atoms with van der Waals surface area (Å²) in [6.07, 6.45) is 5.82. The average Bonchev–Trinajstić information content (AvgIpc) is 2.77. The van der Waals surface area contributed by atoms with Gasteiger partial charge < -0.3 is 24.4 Å². The number of hydrogen-bond donors (Lipinski definition) is 1. The molecule has 3 rings (SSSR count).